The number of aryl methyl sites for hydroxylation is 15. The molecule has 14 heteroatoms. The highest BCUT2D eigenvalue weighted by molar-refractivity contribution is 5.79. The van der Waals surface area contributed by atoms with Gasteiger partial charge in [-0.1, -0.05) is 147 Å². The first-order chi connectivity index (χ1) is 40.1. The highest BCUT2D eigenvalue weighted by Crippen LogP contribution is 2.39. The minimum absolute atomic E-state index is 0.115. The minimum atomic E-state index is -0.115. The third-order valence-corrected chi connectivity index (χ3v) is 15.1. The van der Waals surface area contributed by atoms with Crippen molar-refractivity contribution in [3.05, 3.63) is 173 Å². The molecule has 0 aliphatic rings. The van der Waals surface area contributed by atoms with Crippen molar-refractivity contribution in [3.63, 3.8) is 0 Å². The molecule has 0 atom stereocenters. The Morgan fingerprint density at radius 3 is 1.31 bits per heavy atom. The Balaban J connectivity index is 0.000000233. The molecule has 5 aromatic carbocycles. The molecule has 0 unspecified atom stereocenters. The number of pyridine rings is 1. The van der Waals surface area contributed by atoms with E-state index >= 15 is 0 Å². The summed E-state index contributed by atoms with van der Waals surface area (Å²) in [5, 5.41) is 56.0. The van der Waals surface area contributed by atoms with Crippen molar-refractivity contribution in [2.24, 2.45) is 10.2 Å². The van der Waals surface area contributed by atoms with Crippen molar-refractivity contribution in [3.8, 4) is 12.1 Å². The molecule has 0 amide bonds. The second kappa shape index (κ2) is 29.0. The summed E-state index contributed by atoms with van der Waals surface area (Å²) in [7, 11) is 0. The van der Waals surface area contributed by atoms with E-state index in [1.165, 1.54) is 83.7 Å². The first kappa shape index (κ1) is 64.4. The van der Waals surface area contributed by atoms with Crippen molar-refractivity contribution in [2.45, 2.75) is 181 Å². The molecule has 8 aromatic rings. The summed E-state index contributed by atoms with van der Waals surface area (Å²) in [5.74, 6) is 1.89. The zero-order valence-electron chi connectivity index (χ0n) is 53.3. The lowest BCUT2D eigenvalue weighted by molar-refractivity contribution is 0.565. The highest BCUT2D eigenvalue weighted by atomic mass is 15.3. The summed E-state index contributed by atoms with van der Waals surface area (Å²) < 4.78 is 0. The van der Waals surface area contributed by atoms with Crippen LogP contribution in [0, 0.1) is 71.1 Å². The van der Waals surface area contributed by atoms with Crippen LogP contribution in [0.5, 0.6) is 0 Å². The van der Waals surface area contributed by atoms with E-state index in [4.69, 9.17) is 16.0 Å². The van der Waals surface area contributed by atoms with Crippen molar-refractivity contribution in [1.29, 1.82) is 10.5 Å². The van der Waals surface area contributed by atoms with E-state index in [-0.39, 0.29) is 17.1 Å². The summed E-state index contributed by atoms with van der Waals surface area (Å²) in [6.07, 6.45) is 7.32. The van der Waals surface area contributed by atoms with Crippen LogP contribution in [0.1, 0.15) is 177 Å². The number of hydrogen-bond acceptors (Lipinski definition) is 12. The number of nitriles is 2. The average Bonchev–Trinajstić information content (AvgIpc) is 3.22. The van der Waals surface area contributed by atoms with Crippen LogP contribution >= 0.6 is 0 Å². The molecule has 84 heavy (non-hydrogen) atoms. The molecule has 0 fully saturated rings. The maximum absolute atomic E-state index is 9.69. The van der Waals surface area contributed by atoms with Crippen LogP contribution in [0.2, 0.25) is 0 Å². The number of hydrogen-bond donors (Lipinski definition) is 7. The maximum atomic E-state index is 9.69. The summed E-state index contributed by atoms with van der Waals surface area (Å²) >= 11 is 0. The third kappa shape index (κ3) is 15.7. The average molecular weight is 1130 g/mol. The molecule has 0 spiro atoms. The van der Waals surface area contributed by atoms with Crippen LogP contribution in [0.4, 0.5) is 63.1 Å². The molecule has 3 heterocycles. The molecule has 0 radical (unpaired) electrons. The van der Waals surface area contributed by atoms with Gasteiger partial charge in [-0.2, -0.15) is 20.7 Å². The second-order valence-corrected chi connectivity index (χ2v) is 22.9. The monoisotopic (exact) mass is 1130 g/mol. The minimum Gasteiger partial charge on any atom is -0.381 e. The van der Waals surface area contributed by atoms with E-state index in [2.05, 4.69) is 215 Å². The first-order valence-electron chi connectivity index (χ1n) is 29.9. The van der Waals surface area contributed by atoms with Crippen molar-refractivity contribution >= 4 is 63.1 Å². The van der Waals surface area contributed by atoms with E-state index in [1.807, 2.05) is 46.8 Å². The number of aromatic amines is 2. The summed E-state index contributed by atoms with van der Waals surface area (Å²) in [6, 6.07) is 31.0. The Bertz CT molecular complexity index is 3650. The van der Waals surface area contributed by atoms with Gasteiger partial charge in [0, 0.05) is 39.5 Å². The molecule has 0 saturated carbocycles. The fourth-order valence-corrected chi connectivity index (χ4v) is 10.8. The molecule has 0 aliphatic heterocycles. The van der Waals surface area contributed by atoms with Crippen molar-refractivity contribution in [1.82, 2.24) is 25.4 Å². The number of nitrogens with zero attached hydrogens (tertiary/aromatic N) is 7. The van der Waals surface area contributed by atoms with Crippen molar-refractivity contribution in [2.75, 3.05) is 27.0 Å². The topological polar surface area (TPSA) is 217 Å². The molecular formula is C70H90N14. The lowest BCUT2D eigenvalue weighted by Crippen LogP contribution is -2.13. The molecule has 0 aliphatic carbocycles. The van der Waals surface area contributed by atoms with Gasteiger partial charge >= 0.3 is 0 Å². The van der Waals surface area contributed by atoms with Crippen LogP contribution in [-0.4, -0.2) is 25.4 Å². The SMILES string of the molecule is CC(C)(C)c1[nH]nc(N)c1C#N.CCc1cc(C)cc(C)c1Nc1cc(C)cc(Nc2c(CC)cc(C)cc2CC)c1.CCc1cc(C)cc(CC)c1Nc1cc(C)c(N=Nc2n[nH]c(CC)c2C#N)c(Nc2c(CC)cc(C)cc2CC)n1. The van der Waals surface area contributed by atoms with Gasteiger partial charge in [0.1, 0.15) is 34.8 Å². The van der Waals surface area contributed by atoms with Gasteiger partial charge in [0.15, 0.2) is 11.6 Å². The van der Waals surface area contributed by atoms with Gasteiger partial charge < -0.3 is 27.0 Å². The number of azo groups is 1. The standard InChI is InChI=1S/C34H42N8.C28H36N2.C8H12N4/c1-9-23-14-20(6)15-24(10-2)31(23)36-29-18-22(8)30(40-42-33-27(19-35)28(13-5)39-41-33)34(37-29)38-32-25(11-3)16-21(7)17-26(32)12-4;1-8-22-12-18(4)11-21(7)27(22)29-25-15-20(6)16-26(17-25)30-28-23(9-2)13-19(5)14-24(28)10-3;1-8(2,3)6-5(4-9)7(10)12-11-6/h14-18H,9-13H2,1-8H3,(H,39,41)(H2,36,37,38);11-17,29-30H,8-10H2,1-7H3;1-3H3,(H3,10,11,12). The fourth-order valence-electron chi connectivity index (χ4n) is 10.8. The van der Waals surface area contributed by atoms with Gasteiger partial charge in [-0.25, -0.2) is 4.98 Å². The molecule has 0 saturated heterocycles. The Morgan fingerprint density at radius 1 is 0.464 bits per heavy atom. The molecule has 8 rings (SSSR count). The number of nitrogen functional groups attached to an aromatic ring is 1. The molecule has 14 nitrogen and oxygen atoms in total. The number of H-pyrrole nitrogens is 2. The first-order valence-corrected chi connectivity index (χ1v) is 29.9. The van der Waals surface area contributed by atoms with E-state index in [9.17, 15) is 5.26 Å². The molecule has 440 valence electrons. The number of aromatic nitrogens is 5. The second-order valence-electron chi connectivity index (χ2n) is 22.9. The Labute approximate surface area is 500 Å². The molecule has 0 bridgehead atoms. The van der Waals surface area contributed by atoms with Gasteiger partial charge in [-0.3, -0.25) is 10.2 Å². The lowest BCUT2D eigenvalue weighted by Gasteiger charge is -2.20. The smallest absolute Gasteiger partial charge is 0.213 e. The maximum Gasteiger partial charge on any atom is 0.213 e. The Hall–Kier alpha value is -8.75. The number of nitrogens with two attached hydrogens (primary N) is 1. The quantitative estimate of drug-likeness (QED) is 0.0403. The largest absolute Gasteiger partial charge is 0.381 e. The lowest BCUT2D eigenvalue weighted by atomic mass is 9.90. The van der Waals surface area contributed by atoms with E-state index in [0.29, 0.717) is 29.1 Å². The fraction of sp³-hybridized carbons (Fsp3) is 0.386. The van der Waals surface area contributed by atoms with Gasteiger partial charge in [0.25, 0.3) is 0 Å². The Morgan fingerprint density at radius 2 is 0.881 bits per heavy atom. The van der Waals surface area contributed by atoms with Crippen LogP contribution in [0.3, 0.4) is 0 Å². The zero-order valence-corrected chi connectivity index (χ0v) is 53.3. The van der Waals surface area contributed by atoms with Gasteiger partial charge in [-0.15, -0.1) is 10.2 Å². The predicted molar refractivity (Wildman–Crippen MR) is 352 cm³/mol. The number of rotatable bonds is 18. The van der Waals surface area contributed by atoms with Gasteiger partial charge in [0.05, 0.1) is 11.4 Å². The van der Waals surface area contributed by atoms with Crippen molar-refractivity contribution < 1.29 is 0 Å². The molecule has 3 aromatic heterocycles. The zero-order chi connectivity index (χ0) is 61.6. The predicted octanol–water partition coefficient (Wildman–Crippen LogP) is 18.6. The van der Waals surface area contributed by atoms with Crippen LogP contribution in [-0.2, 0) is 56.8 Å². The van der Waals surface area contributed by atoms with Crippen LogP contribution < -0.4 is 27.0 Å². The molecular weight excluding hydrogens is 1040 g/mol. The van der Waals surface area contributed by atoms with Gasteiger partial charge in [0.2, 0.25) is 5.82 Å². The normalized spacial score (nSPS) is 11.1. The number of anilines is 9. The van der Waals surface area contributed by atoms with E-state index in [1.54, 1.807) is 0 Å². The van der Waals surface area contributed by atoms with E-state index in [0.717, 1.165) is 90.5 Å². The highest BCUT2D eigenvalue weighted by Gasteiger charge is 2.23. The molecule has 8 N–H and O–H groups in total. The van der Waals surface area contributed by atoms with E-state index < -0.39 is 0 Å². The Kier molecular flexibility index (Phi) is 22.2. The summed E-state index contributed by atoms with van der Waals surface area (Å²) in [6.45, 7) is 38.3. The third-order valence-electron chi connectivity index (χ3n) is 15.1. The van der Waals surface area contributed by atoms with Crippen LogP contribution in [0.15, 0.2) is 83.0 Å². The van der Waals surface area contributed by atoms with Crippen LogP contribution in [0.25, 0.3) is 0 Å². The number of nitrogens with one attached hydrogen (secondary N) is 6. The summed E-state index contributed by atoms with van der Waals surface area (Å²) in [5.41, 5.74) is 33.0. The number of benzene rings is 5. The summed E-state index contributed by atoms with van der Waals surface area (Å²) in [4.78, 5) is 5.08. The van der Waals surface area contributed by atoms with Gasteiger partial charge in [-0.05, 0) is 180 Å².